The van der Waals surface area contributed by atoms with Gasteiger partial charge >= 0.3 is 0 Å². The van der Waals surface area contributed by atoms with E-state index in [9.17, 15) is 14.0 Å². The summed E-state index contributed by atoms with van der Waals surface area (Å²) in [4.78, 5) is 32.9. The molecular weight excluding hydrogens is 325 g/mol. The van der Waals surface area contributed by atoms with E-state index in [1.54, 1.807) is 0 Å². The number of benzene rings is 1. The SMILES string of the molecule is N#Cc1cnc(N[C@@H]2CCN(C(=O)c3cc(C=O)ccc3F)C2)nc1. The van der Waals surface area contributed by atoms with Crippen LogP contribution in [0.2, 0.25) is 0 Å². The summed E-state index contributed by atoms with van der Waals surface area (Å²) in [5.41, 5.74) is 0.504. The van der Waals surface area contributed by atoms with E-state index in [2.05, 4.69) is 15.3 Å². The standard InChI is InChI=1S/C17H14FN5O2/c18-15-2-1-11(10-24)5-14(15)16(25)23-4-3-13(9-23)22-17-20-7-12(6-19)8-21-17/h1-2,5,7-8,10,13H,3-4,9H2,(H,20,21,22)/t13-/m1/s1. The van der Waals surface area contributed by atoms with Crippen LogP contribution in [0.1, 0.15) is 32.7 Å². The third-order valence-corrected chi connectivity index (χ3v) is 3.95. The molecule has 1 aliphatic rings. The molecule has 1 N–H and O–H groups in total. The van der Waals surface area contributed by atoms with E-state index < -0.39 is 11.7 Å². The maximum absolute atomic E-state index is 13.9. The lowest BCUT2D eigenvalue weighted by atomic mass is 10.1. The Kier molecular flexibility index (Phi) is 4.66. The van der Waals surface area contributed by atoms with Crippen LogP contribution in [0.3, 0.4) is 0 Å². The molecule has 1 fully saturated rings. The van der Waals surface area contributed by atoms with E-state index in [4.69, 9.17) is 5.26 Å². The second-order valence-corrected chi connectivity index (χ2v) is 5.65. The molecule has 0 unspecified atom stereocenters. The number of hydrogen-bond donors (Lipinski definition) is 1. The van der Waals surface area contributed by atoms with Gasteiger partial charge in [-0.15, -0.1) is 0 Å². The van der Waals surface area contributed by atoms with Crippen LogP contribution in [0.15, 0.2) is 30.6 Å². The fourth-order valence-electron chi connectivity index (χ4n) is 2.66. The van der Waals surface area contributed by atoms with Crippen LogP contribution in [0.4, 0.5) is 10.3 Å². The average molecular weight is 339 g/mol. The minimum atomic E-state index is -0.651. The molecule has 2 heterocycles. The third kappa shape index (κ3) is 3.61. The first-order valence-electron chi connectivity index (χ1n) is 7.63. The molecule has 0 radical (unpaired) electrons. The van der Waals surface area contributed by atoms with E-state index in [0.717, 1.165) is 6.07 Å². The number of carbonyl (C=O) groups is 2. The Labute approximate surface area is 143 Å². The van der Waals surface area contributed by atoms with Gasteiger partial charge in [0.05, 0.1) is 23.5 Å². The lowest BCUT2D eigenvalue weighted by molar-refractivity contribution is 0.0787. The topological polar surface area (TPSA) is 99.0 Å². The van der Waals surface area contributed by atoms with Gasteiger partial charge in [-0.1, -0.05) is 0 Å². The van der Waals surface area contributed by atoms with E-state index in [1.165, 1.54) is 29.4 Å². The van der Waals surface area contributed by atoms with Crippen LogP contribution in [0, 0.1) is 17.1 Å². The molecule has 3 rings (SSSR count). The van der Waals surface area contributed by atoms with Gasteiger partial charge in [-0.2, -0.15) is 5.26 Å². The van der Waals surface area contributed by atoms with Crippen molar-refractivity contribution in [2.24, 2.45) is 0 Å². The van der Waals surface area contributed by atoms with Gasteiger partial charge in [-0.3, -0.25) is 9.59 Å². The first kappa shape index (κ1) is 16.5. The number of nitrogens with one attached hydrogen (secondary N) is 1. The maximum Gasteiger partial charge on any atom is 0.256 e. The van der Waals surface area contributed by atoms with Crippen molar-refractivity contribution in [3.8, 4) is 6.07 Å². The fraction of sp³-hybridized carbons (Fsp3) is 0.235. The number of aromatic nitrogens is 2. The van der Waals surface area contributed by atoms with Crippen LogP contribution < -0.4 is 5.32 Å². The highest BCUT2D eigenvalue weighted by Crippen LogP contribution is 2.18. The molecule has 1 aromatic carbocycles. The lowest BCUT2D eigenvalue weighted by Crippen LogP contribution is -2.32. The zero-order valence-corrected chi connectivity index (χ0v) is 13.1. The van der Waals surface area contributed by atoms with Crippen LogP contribution in [-0.4, -0.2) is 46.2 Å². The van der Waals surface area contributed by atoms with Crippen molar-refractivity contribution >= 4 is 18.1 Å². The van der Waals surface area contributed by atoms with Crippen LogP contribution in [-0.2, 0) is 0 Å². The highest BCUT2D eigenvalue weighted by molar-refractivity contribution is 5.96. The molecule has 1 aromatic heterocycles. The highest BCUT2D eigenvalue weighted by atomic mass is 19.1. The Bertz CT molecular complexity index is 847. The number of hydrogen-bond acceptors (Lipinski definition) is 6. The Hall–Kier alpha value is -3.34. The summed E-state index contributed by atoms with van der Waals surface area (Å²) in [6, 6.07) is 5.57. The third-order valence-electron chi connectivity index (χ3n) is 3.95. The molecular formula is C17H14FN5O2. The summed E-state index contributed by atoms with van der Waals surface area (Å²) >= 11 is 0. The minimum Gasteiger partial charge on any atom is -0.350 e. The van der Waals surface area contributed by atoms with Gasteiger partial charge in [0.1, 0.15) is 18.2 Å². The number of anilines is 1. The monoisotopic (exact) mass is 339 g/mol. The summed E-state index contributed by atoms with van der Waals surface area (Å²) < 4.78 is 13.9. The van der Waals surface area contributed by atoms with Crippen molar-refractivity contribution in [3.05, 3.63) is 53.1 Å². The number of amides is 1. The van der Waals surface area contributed by atoms with Crippen molar-refractivity contribution in [3.63, 3.8) is 0 Å². The van der Waals surface area contributed by atoms with Crippen molar-refractivity contribution in [2.75, 3.05) is 18.4 Å². The predicted molar refractivity (Wildman–Crippen MR) is 86.5 cm³/mol. The zero-order valence-electron chi connectivity index (χ0n) is 13.1. The Balaban J connectivity index is 1.67. The van der Waals surface area contributed by atoms with Crippen LogP contribution in [0.25, 0.3) is 0 Å². The molecule has 1 aliphatic heterocycles. The molecule has 1 atom stereocenters. The summed E-state index contributed by atoms with van der Waals surface area (Å²) in [6.45, 7) is 0.824. The maximum atomic E-state index is 13.9. The minimum absolute atomic E-state index is 0.0748. The Morgan fingerprint density at radius 3 is 2.84 bits per heavy atom. The molecule has 126 valence electrons. The number of nitriles is 1. The van der Waals surface area contributed by atoms with Crippen LogP contribution in [0.5, 0.6) is 0 Å². The smallest absolute Gasteiger partial charge is 0.256 e. The molecule has 1 saturated heterocycles. The van der Waals surface area contributed by atoms with Crippen molar-refractivity contribution in [2.45, 2.75) is 12.5 Å². The fourth-order valence-corrected chi connectivity index (χ4v) is 2.66. The normalized spacial score (nSPS) is 16.3. The molecule has 8 heteroatoms. The second kappa shape index (κ2) is 7.05. The Morgan fingerprint density at radius 2 is 2.16 bits per heavy atom. The van der Waals surface area contributed by atoms with Gasteiger partial charge in [0.2, 0.25) is 5.95 Å². The number of likely N-dealkylation sites (tertiary alicyclic amines) is 1. The van der Waals surface area contributed by atoms with Gasteiger partial charge in [0, 0.05) is 24.7 Å². The summed E-state index contributed by atoms with van der Waals surface area (Å²) in [6.07, 6.45) is 4.05. The molecule has 7 nitrogen and oxygen atoms in total. The summed E-state index contributed by atoms with van der Waals surface area (Å²) in [7, 11) is 0. The van der Waals surface area contributed by atoms with E-state index in [1.807, 2.05) is 6.07 Å². The summed E-state index contributed by atoms with van der Waals surface area (Å²) in [5.74, 6) is -0.735. The number of nitrogens with zero attached hydrogens (tertiary/aromatic N) is 4. The van der Waals surface area contributed by atoms with Crippen molar-refractivity contribution in [1.29, 1.82) is 5.26 Å². The van der Waals surface area contributed by atoms with E-state index >= 15 is 0 Å². The molecule has 2 aromatic rings. The Morgan fingerprint density at radius 1 is 1.40 bits per heavy atom. The van der Waals surface area contributed by atoms with Crippen molar-refractivity contribution < 1.29 is 14.0 Å². The molecule has 0 bridgehead atoms. The van der Waals surface area contributed by atoms with E-state index in [-0.39, 0.29) is 17.2 Å². The zero-order chi connectivity index (χ0) is 17.8. The summed E-state index contributed by atoms with van der Waals surface area (Å²) in [5, 5.41) is 11.8. The number of carbonyl (C=O) groups excluding carboxylic acids is 2. The van der Waals surface area contributed by atoms with Gasteiger partial charge in [-0.05, 0) is 24.6 Å². The van der Waals surface area contributed by atoms with Gasteiger partial charge in [0.25, 0.3) is 5.91 Å². The molecule has 0 saturated carbocycles. The largest absolute Gasteiger partial charge is 0.350 e. The van der Waals surface area contributed by atoms with Gasteiger partial charge in [-0.25, -0.2) is 14.4 Å². The van der Waals surface area contributed by atoms with Gasteiger partial charge < -0.3 is 10.2 Å². The number of aldehydes is 1. The molecule has 0 spiro atoms. The van der Waals surface area contributed by atoms with Crippen LogP contribution >= 0.6 is 0 Å². The van der Waals surface area contributed by atoms with E-state index in [0.29, 0.717) is 37.3 Å². The first-order valence-corrected chi connectivity index (χ1v) is 7.63. The van der Waals surface area contributed by atoms with Crippen molar-refractivity contribution in [1.82, 2.24) is 14.9 Å². The number of halogens is 1. The van der Waals surface area contributed by atoms with Gasteiger partial charge in [0.15, 0.2) is 0 Å². The lowest BCUT2D eigenvalue weighted by Gasteiger charge is -2.17. The quantitative estimate of drug-likeness (QED) is 0.850. The molecule has 1 amide bonds. The second-order valence-electron chi connectivity index (χ2n) is 5.65. The first-order chi connectivity index (χ1) is 12.1. The average Bonchev–Trinajstić information content (AvgIpc) is 3.10. The molecule has 25 heavy (non-hydrogen) atoms. The predicted octanol–water partition coefficient (Wildman–Crippen LogP) is 1.63. The molecule has 0 aliphatic carbocycles. The number of rotatable bonds is 4. The highest BCUT2D eigenvalue weighted by Gasteiger charge is 2.28.